The zero-order chi connectivity index (χ0) is 17.2. The van der Waals surface area contributed by atoms with Crippen LogP contribution in [-0.2, 0) is 13.0 Å². The van der Waals surface area contributed by atoms with E-state index in [9.17, 15) is 4.79 Å². The number of anilines is 1. The second-order valence-corrected chi connectivity index (χ2v) is 6.59. The first-order valence-corrected chi connectivity index (χ1v) is 8.84. The van der Waals surface area contributed by atoms with E-state index in [2.05, 4.69) is 31.8 Å². The van der Waals surface area contributed by atoms with Gasteiger partial charge in [0, 0.05) is 38.2 Å². The number of nitrogens with one attached hydrogen (secondary N) is 1. The van der Waals surface area contributed by atoms with Crippen molar-refractivity contribution in [3.63, 3.8) is 0 Å². The van der Waals surface area contributed by atoms with Crippen LogP contribution in [0.1, 0.15) is 25.3 Å². The van der Waals surface area contributed by atoms with Gasteiger partial charge in [-0.2, -0.15) is 0 Å². The molecule has 1 fully saturated rings. The van der Waals surface area contributed by atoms with E-state index in [1.54, 1.807) is 10.8 Å². The van der Waals surface area contributed by atoms with E-state index in [1.165, 1.54) is 0 Å². The maximum Gasteiger partial charge on any atom is 0.327 e. The number of imidazole rings is 1. The van der Waals surface area contributed by atoms with Gasteiger partial charge in [0.05, 0.1) is 5.52 Å². The first kappa shape index (κ1) is 15.8. The zero-order valence-corrected chi connectivity index (χ0v) is 14.4. The lowest BCUT2D eigenvalue weighted by atomic mass is 9.97. The van der Waals surface area contributed by atoms with E-state index in [0.717, 1.165) is 55.0 Å². The molecular formula is C18H22N6O. The molecule has 4 rings (SSSR count). The highest BCUT2D eigenvalue weighted by Crippen LogP contribution is 2.22. The summed E-state index contributed by atoms with van der Waals surface area (Å²) < 4.78 is 1.77. The van der Waals surface area contributed by atoms with Gasteiger partial charge in [-0.15, -0.1) is 0 Å². The van der Waals surface area contributed by atoms with Crippen molar-refractivity contribution in [2.24, 2.45) is 5.92 Å². The van der Waals surface area contributed by atoms with Gasteiger partial charge < -0.3 is 9.88 Å². The monoisotopic (exact) mass is 338 g/mol. The molecule has 0 bridgehead atoms. The fraction of sp³-hybridized carbons (Fsp3) is 0.444. The summed E-state index contributed by atoms with van der Waals surface area (Å²) in [5.41, 5.74) is 2.63. The summed E-state index contributed by atoms with van der Waals surface area (Å²) in [7, 11) is 0. The number of aryl methyl sites for hydroxylation is 1. The Morgan fingerprint density at radius 3 is 2.68 bits per heavy atom. The number of fused-ring (bicyclic) bond motifs is 1. The number of piperidine rings is 1. The molecule has 3 aromatic rings. The van der Waals surface area contributed by atoms with Crippen LogP contribution in [0.4, 0.5) is 5.95 Å². The Morgan fingerprint density at radius 2 is 1.96 bits per heavy atom. The fourth-order valence-corrected chi connectivity index (χ4v) is 3.43. The van der Waals surface area contributed by atoms with Crippen molar-refractivity contribution in [3.05, 3.63) is 46.8 Å². The summed E-state index contributed by atoms with van der Waals surface area (Å²) in [6, 6.07) is 3.73. The second-order valence-electron chi connectivity index (χ2n) is 6.59. The lowest BCUT2D eigenvalue weighted by molar-refractivity contribution is 0.354. The number of aromatic nitrogens is 5. The average Bonchev–Trinajstić information content (AvgIpc) is 2.98. The number of H-pyrrole nitrogens is 1. The van der Waals surface area contributed by atoms with Gasteiger partial charge in [0.25, 0.3) is 0 Å². The zero-order valence-electron chi connectivity index (χ0n) is 14.4. The SMILES string of the molecule is CCc1cnc(N2CCC(Cn3c(=O)[nH]c4cccnc43)CC2)nc1. The number of aromatic amines is 1. The van der Waals surface area contributed by atoms with Crippen LogP contribution >= 0.6 is 0 Å². The van der Waals surface area contributed by atoms with Crippen LogP contribution in [0.2, 0.25) is 0 Å². The van der Waals surface area contributed by atoms with Crippen molar-refractivity contribution in [2.45, 2.75) is 32.7 Å². The Kier molecular flexibility index (Phi) is 4.21. The normalized spacial score (nSPS) is 15.8. The summed E-state index contributed by atoms with van der Waals surface area (Å²) >= 11 is 0. The van der Waals surface area contributed by atoms with Crippen LogP contribution in [0.25, 0.3) is 11.2 Å². The quantitative estimate of drug-likeness (QED) is 0.787. The number of rotatable bonds is 4. The number of hydrogen-bond acceptors (Lipinski definition) is 5. The molecule has 0 unspecified atom stereocenters. The fourth-order valence-electron chi connectivity index (χ4n) is 3.43. The molecule has 0 aromatic carbocycles. The summed E-state index contributed by atoms with van der Waals surface area (Å²) in [6.07, 6.45) is 8.54. The largest absolute Gasteiger partial charge is 0.341 e. The predicted octanol–water partition coefficient (Wildman–Crippen LogP) is 1.99. The number of hydrogen-bond donors (Lipinski definition) is 1. The van der Waals surface area contributed by atoms with Crippen LogP contribution in [0.5, 0.6) is 0 Å². The molecule has 1 N–H and O–H groups in total. The van der Waals surface area contributed by atoms with E-state index in [1.807, 2.05) is 24.5 Å². The molecule has 1 aliphatic heterocycles. The molecule has 0 spiro atoms. The molecule has 1 aliphatic rings. The van der Waals surface area contributed by atoms with E-state index in [0.29, 0.717) is 12.5 Å². The average molecular weight is 338 g/mol. The smallest absolute Gasteiger partial charge is 0.327 e. The van der Waals surface area contributed by atoms with Crippen molar-refractivity contribution >= 4 is 17.1 Å². The van der Waals surface area contributed by atoms with Crippen molar-refractivity contribution < 1.29 is 0 Å². The minimum atomic E-state index is -0.0744. The Balaban J connectivity index is 1.43. The van der Waals surface area contributed by atoms with E-state index >= 15 is 0 Å². The van der Waals surface area contributed by atoms with Gasteiger partial charge >= 0.3 is 5.69 Å². The Bertz CT molecular complexity index is 905. The number of pyridine rings is 1. The first-order valence-electron chi connectivity index (χ1n) is 8.84. The van der Waals surface area contributed by atoms with E-state index in [4.69, 9.17) is 0 Å². The lowest BCUT2D eigenvalue weighted by Crippen LogP contribution is -2.37. The van der Waals surface area contributed by atoms with Crippen LogP contribution in [0, 0.1) is 5.92 Å². The summed E-state index contributed by atoms with van der Waals surface area (Å²) in [5.74, 6) is 1.27. The maximum absolute atomic E-state index is 12.2. The Hall–Kier alpha value is -2.70. The molecule has 7 heteroatoms. The van der Waals surface area contributed by atoms with Gasteiger partial charge in [0.1, 0.15) is 0 Å². The van der Waals surface area contributed by atoms with Gasteiger partial charge in [-0.1, -0.05) is 6.92 Å². The number of nitrogens with zero attached hydrogens (tertiary/aromatic N) is 5. The Labute approximate surface area is 145 Å². The molecule has 0 radical (unpaired) electrons. The molecule has 0 atom stereocenters. The molecule has 0 aliphatic carbocycles. The van der Waals surface area contributed by atoms with E-state index in [-0.39, 0.29) is 5.69 Å². The van der Waals surface area contributed by atoms with Gasteiger partial charge in [0.2, 0.25) is 5.95 Å². The summed E-state index contributed by atoms with van der Waals surface area (Å²) in [6.45, 7) is 4.64. The van der Waals surface area contributed by atoms with Gasteiger partial charge in [0.15, 0.2) is 5.65 Å². The topological polar surface area (TPSA) is 79.7 Å². The third-order valence-electron chi connectivity index (χ3n) is 4.97. The molecule has 0 amide bonds. The van der Waals surface area contributed by atoms with Crippen molar-refractivity contribution in [2.75, 3.05) is 18.0 Å². The van der Waals surface area contributed by atoms with Crippen LogP contribution in [0.3, 0.4) is 0 Å². The van der Waals surface area contributed by atoms with Crippen LogP contribution < -0.4 is 10.6 Å². The highest BCUT2D eigenvalue weighted by Gasteiger charge is 2.22. The van der Waals surface area contributed by atoms with Gasteiger partial charge in [-0.3, -0.25) is 4.57 Å². The van der Waals surface area contributed by atoms with Crippen LogP contribution in [-0.4, -0.2) is 37.6 Å². The molecule has 1 saturated heterocycles. The second kappa shape index (κ2) is 6.66. The molecule has 0 saturated carbocycles. The minimum Gasteiger partial charge on any atom is -0.341 e. The van der Waals surface area contributed by atoms with Crippen molar-refractivity contribution in [3.8, 4) is 0 Å². The maximum atomic E-state index is 12.2. The Morgan fingerprint density at radius 1 is 1.20 bits per heavy atom. The summed E-state index contributed by atoms with van der Waals surface area (Å²) in [5, 5.41) is 0. The molecule has 7 nitrogen and oxygen atoms in total. The van der Waals surface area contributed by atoms with Gasteiger partial charge in [-0.05, 0) is 42.9 Å². The van der Waals surface area contributed by atoms with Crippen molar-refractivity contribution in [1.29, 1.82) is 0 Å². The lowest BCUT2D eigenvalue weighted by Gasteiger charge is -2.32. The molecule has 130 valence electrons. The molecule has 25 heavy (non-hydrogen) atoms. The molecule has 4 heterocycles. The molecule has 3 aromatic heterocycles. The van der Waals surface area contributed by atoms with Gasteiger partial charge in [-0.25, -0.2) is 19.7 Å². The standard InChI is InChI=1S/C18H22N6O/c1-2-13-10-20-17(21-11-13)23-8-5-14(6-9-23)12-24-16-15(22-18(24)25)4-3-7-19-16/h3-4,7,10-11,14H,2,5-6,8-9,12H2,1H3,(H,22,25). The highest BCUT2D eigenvalue weighted by molar-refractivity contribution is 5.69. The first-order chi connectivity index (χ1) is 12.2. The van der Waals surface area contributed by atoms with Crippen molar-refractivity contribution in [1.82, 2.24) is 24.5 Å². The van der Waals surface area contributed by atoms with Crippen LogP contribution in [0.15, 0.2) is 35.5 Å². The molecular weight excluding hydrogens is 316 g/mol. The third-order valence-corrected chi connectivity index (χ3v) is 4.97. The summed E-state index contributed by atoms with van der Waals surface area (Å²) in [4.78, 5) is 30.6. The van der Waals surface area contributed by atoms with E-state index < -0.39 is 0 Å². The highest BCUT2D eigenvalue weighted by atomic mass is 16.1. The minimum absolute atomic E-state index is 0.0744. The predicted molar refractivity (Wildman–Crippen MR) is 96.7 cm³/mol. The third kappa shape index (κ3) is 3.14.